The van der Waals surface area contributed by atoms with Crippen molar-refractivity contribution in [3.05, 3.63) is 29.8 Å². The predicted octanol–water partition coefficient (Wildman–Crippen LogP) is -0.132. The van der Waals surface area contributed by atoms with E-state index < -0.39 is 0 Å². The van der Waals surface area contributed by atoms with Crippen molar-refractivity contribution in [2.75, 3.05) is 33.3 Å². The minimum absolute atomic E-state index is 0.644. The van der Waals surface area contributed by atoms with Crippen molar-refractivity contribution in [1.82, 2.24) is 0 Å². The van der Waals surface area contributed by atoms with Crippen molar-refractivity contribution in [1.29, 1.82) is 0 Å². The highest BCUT2D eigenvalue weighted by atomic mass is 16.5. The van der Waals surface area contributed by atoms with Gasteiger partial charge in [0, 0.05) is 19.3 Å². The van der Waals surface area contributed by atoms with Gasteiger partial charge in [0.15, 0.2) is 0 Å². The number of likely N-dealkylation sites (tertiary alicyclic amines) is 1. The summed E-state index contributed by atoms with van der Waals surface area (Å²) in [5.41, 5.74) is 1.39. The van der Waals surface area contributed by atoms with Crippen LogP contribution in [-0.2, 0) is 6.42 Å². The molecule has 1 aliphatic heterocycles. The fraction of sp³-hybridized carbons (Fsp3) is 0.625. The zero-order valence-electron chi connectivity index (χ0n) is 12.3. The lowest BCUT2D eigenvalue weighted by molar-refractivity contribution is -0.887. The molecule has 19 heavy (non-hydrogen) atoms. The molecule has 1 heterocycles. The number of likely N-dealkylation sites (N-methyl/N-ethyl adjacent to an activating group) is 1. The normalized spacial score (nSPS) is 17.6. The molecule has 3 nitrogen and oxygen atoms in total. The van der Waals surface area contributed by atoms with Crippen LogP contribution in [0.1, 0.15) is 25.3 Å². The van der Waals surface area contributed by atoms with E-state index in [9.17, 15) is 0 Å². The maximum absolute atomic E-state index is 5.83. The smallest absolute Gasteiger partial charge is 0.137 e. The Kier molecular flexibility index (Phi) is 5.67. The second-order valence-corrected chi connectivity index (χ2v) is 5.71. The van der Waals surface area contributed by atoms with Crippen molar-refractivity contribution >= 4 is 0 Å². The van der Waals surface area contributed by atoms with Crippen molar-refractivity contribution in [3.63, 3.8) is 0 Å². The Morgan fingerprint density at radius 2 is 1.89 bits per heavy atom. The Labute approximate surface area is 116 Å². The second kappa shape index (κ2) is 7.51. The average molecular weight is 264 g/mol. The lowest BCUT2D eigenvalue weighted by Gasteiger charge is -2.13. The number of quaternary nitrogens is 2. The molecule has 1 atom stereocenters. The Morgan fingerprint density at radius 3 is 2.53 bits per heavy atom. The number of benzene rings is 1. The van der Waals surface area contributed by atoms with Gasteiger partial charge in [-0.15, -0.1) is 0 Å². The molecule has 0 saturated carbocycles. The Hall–Kier alpha value is -1.06. The monoisotopic (exact) mass is 264 g/mol. The third-order valence-corrected chi connectivity index (χ3v) is 4.09. The van der Waals surface area contributed by atoms with Gasteiger partial charge in [-0.3, -0.25) is 0 Å². The molecule has 3 heteroatoms. The van der Waals surface area contributed by atoms with Crippen molar-refractivity contribution in [2.45, 2.75) is 32.2 Å². The number of nitrogens with two attached hydrogens (primary N) is 1. The molecule has 0 bridgehead atoms. The Balaban J connectivity index is 1.71. The molecule has 2 rings (SSSR count). The van der Waals surface area contributed by atoms with Gasteiger partial charge in [-0.25, -0.2) is 0 Å². The molecule has 0 aliphatic carbocycles. The van der Waals surface area contributed by atoms with Gasteiger partial charge < -0.3 is 15.0 Å². The van der Waals surface area contributed by atoms with Crippen molar-refractivity contribution < 1.29 is 15.0 Å². The first-order chi connectivity index (χ1) is 9.28. The van der Waals surface area contributed by atoms with E-state index in [4.69, 9.17) is 4.74 Å². The van der Waals surface area contributed by atoms with Crippen LogP contribution in [0.4, 0.5) is 0 Å². The Bertz CT molecular complexity index is 358. The first-order valence-corrected chi connectivity index (χ1v) is 7.62. The van der Waals surface area contributed by atoms with E-state index in [2.05, 4.69) is 43.6 Å². The molecule has 1 aromatic rings. The SMILES string of the molecule is C[NH2+][C@@H](C)Cc1ccc(OCC[NH+]2CCCC2)cc1. The van der Waals surface area contributed by atoms with Gasteiger partial charge in [0.25, 0.3) is 0 Å². The van der Waals surface area contributed by atoms with Crippen LogP contribution in [0.15, 0.2) is 24.3 Å². The van der Waals surface area contributed by atoms with E-state index in [0.717, 1.165) is 25.3 Å². The molecule has 0 unspecified atom stereocenters. The summed E-state index contributed by atoms with van der Waals surface area (Å²) in [4.78, 5) is 1.70. The van der Waals surface area contributed by atoms with Crippen LogP contribution < -0.4 is 15.0 Å². The number of hydrogen-bond acceptors (Lipinski definition) is 1. The molecule has 1 aromatic carbocycles. The van der Waals surface area contributed by atoms with Gasteiger partial charge in [-0.05, 0) is 24.6 Å². The molecule has 0 amide bonds. The van der Waals surface area contributed by atoms with Crippen LogP contribution in [-0.4, -0.2) is 39.3 Å². The summed E-state index contributed by atoms with van der Waals surface area (Å²) in [6, 6.07) is 9.25. The highest BCUT2D eigenvalue weighted by molar-refractivity contribution is 5.27. The number of hydrogen-bond donors (Lipinski definition) is 2. The molecule has 0 spiro atoms. The molecule has 1 saturated heterocycles. The highest BCUT2D eigenvalue weighted by Crippen LogP contribution is 2.12. The van der Waals surface area contributed by atoms with Gasteiger partial charge in [-0.1, -0.05) is 12.1 Å². The summed E-state index contributed by atoms with van der Waals surface area (Å²) in [5, 5.41) is 2.25. The van der Waals surface area contributed by atoms with E-state index in [-0.39, 0.29) is 0 Å². The third-order valence-electron chi connectivity index (χ3n) is 4.09. The average Bonchev–Trinajstić information content (AvgIpc) is 2.94. The lowest BCUT2D eigenvalue weighted by atomic mass is 10.1. The molecular weight excluding hydrogens is 236 g/mol. The van der Waals surface area contributed by atoms with Crippen molar-refractivity contribution in [3.8, 4) is 5.75 Å². The number of rotatable bonds is 7. The Morgan fingerprint density at radius 1 is 1.21 bits per heavy atom. The molecule has 0 radical (unpaired) electrons. The summed E-state index contributed by atoms with van der Waals surface area (Å²) in [5.74, 6) is 1.01. The van der Waals surface area contributed by atoms with E-state index in [1.54, 1.807) is 4.90 Å². The van der Waals surface area contributed by atoms with Gasteiger partial charge in [0.2, 0.25) is 0 Å². The van der Waals surface area contributed by atoms with E-state index in [1.807, 2.05) is 0 Å². The molecule has 106 valence electrons. The van der Waals surface area contributed by atoms with E-state index in [0.29, 0.717) is 6.04 Å². The van der Waals surface area contributed by atoms with Gasteiger partial charge in [-0.2, -0.15) is 0 Å². The standard InChI is InChI=1S/C16H26N2O/c1-14(17-2)13-15-5-7-16(8-6-15)19-12-11-18-9-3-4-10-18/h5-8,14,17H,3-4,9-13H2,1-2H3/p+2/t14-/m0/s1. The van der Waals surface area contributed by atoms with Crippen LogP contribution in [0.25, 0.3) is 0 Å². The fourth-order valence-electron chi connectivity index (χ4n) is 2.65. The zero-order chi connectivity index (χ0) is 13.5. The molecular formula is C16H28N2O+2. The van der Waals surface area contributed by atoms with Crippen LogP contribution in [0, 0.1) is 0 Å². The van der Waals surface area contributed by atoms with E-state index in [1.165, 1.54) is 31.5 Å². The van der Waals surface area contributed by atoms with Gasteiger partial charge in [0.05, 0.1) is 26.2 Å². The maximum atomic E-state index is 5.83. The summed E-state index contributed by atoms with van der Waals surface area (Å²) in [6.07, 6.45) is 3.89. The highest BCUT2D eigenvalue weighted by Gasteiger charge is 2.14. The number of nitrogens with one attached hydrogen (secondary N) is 1. The zero-order valence-corrected chi connectivity index (χ0v) is 12.3. The minimum Gasteiger partial charge on any atom is -0.488 e. The molecule has 1 aliphatic rings. The van der Waals surface area contributed by atoms with Crippen molar-refractivity contribution in [2.24, 2.45) is 0 Å². The summed E-state index contributed by atoms with van der Waals surface area (Å²) >= 11 is 0. The first-order valence-electron chi connectivity index (χ1n) is 7.62. The predicted molar refractivity (Wildman–Crippen MR) is 77.8 cm³/mol. The number of ether oxygens (including phenoxy) is 1. The summed E-state index contributed by atoms with van der Waals surface area (Å²) < 4.78 is 5.83. The lowest BCUT2D eigenvalue weighted by Crippen LogP contribution is -3.10. The van der Waals surface area contributed by atoms with Crippen LogP contribution in [0.3, 0.4) is 0 Å². The van der Waals surface area contributed by atoms with Crippen LogP contribution in [0.5, 0.6) is 5.75 Å². The topological polar surface area (TPSA) is 30.3 Å². The van der Waals surface area contributed by atoms with Gasteiger partial charge >= 0.3 is 0 Å². The largest absolute Gasteiger partial charge is 0.488 e. The second-order valence-electron chi connectivity index (χ2n) is 5.71. The van der Waals surface area contributed by atoms with Crippen LogP contribution in [0.2, 0.25) is 0 Å². The van der Waals surface area contributed by atoms with Crippen LogP contribution >= 0.6 is 0 Å². The molecule has 1 fully saturated rings. The van der Waals surface area contributed by atoms with Gasteiger partial charge in [0.1, 0.15) is 18.9 Å². The summed E-state index contributed by atoms with van der Waals surface area (Å²) in [7, 11) is 2.13. The van der Waals surface area contributed by atoms with E-state index >= 15 is 0 Å². The minimum atomic E-state index is 0.644. The quantitative estimate of drug-likeness (QED) is 0.706. The summed E-state index contributed by atoms with van der Waals surface area (Å²) in [6.45, 7) is 6.89. The third kappa shape index (κ3) is 4.84. The molecule has 0 aromatic heterocycles. The maximum Gasteiger partial charge on any atom is 0.137 e. The first kappa shape index (κ1) is 14.4. The molecule has 3 N–H and O–H groups in total. The fourth-order valence-corrected chi connectivity index (χ4v) is 2.65.